The largest absolute Gasteiger partial charge is 0.495 e. The van der Waals surface area contributed by atoms with Gasteiger partial charge in [0.2, 0.25) is 0 Å². The summed E-state index contributed by atoms with van der Waals surface area (Å²) in [5, 5.41) is 3.28. The van der Waals surface area contributed by atoms with Gasteiger partial charge in [-0.15, -0.1) is 0 Å². The van der Waals surface area contributed by atoms with E-state index < -0.39 is 23.6 Å². The van der Waals surface area contributed by atoms with Gasteiger partial charge in [0.25, 0.3) is 5.91 Å². The van der Waals surface area contributed by atoms with Gasteiger partial charge in [-0.2, -0.15) is 0 Å². The molecule has 0 aliphatic heterocycles. The van der Waals surface area contributed by atoms with Crippen LogP contribution in [0.5, 0.6) is 11.5 Å². The molecular formula is C21H24ClNO5. The lowest BCUT2D eigenvalue weighted by Crippen LogP contribution is -2.43. The summed E-state index contributed by atoms with van der Waals surface area (Å²) >= 11 is 5.85. The number of aryl methyl sites for hydroxylation is 1. The molecule has 1 amide bonds. The van der Waals surface area contributed by atoms with Crippen molar-refractivity contribution < 1.29 is 23.8 Å². The molecule has 150 valence electrons. The Balaban J connectivity index is 2.01. The van der Waals surface area contributed by atoms with Crippen molar-refractivity contribution in [3.05, 3.63) is 53.1 Å². The summed E-state index contributed by atoms with van der Waals surface area (Å²) in [6.45, 7) is 6.53. The number of esters is 1. The third-order valence-corrected chi connectivity index (χ3v) is 4.20. The zero-order valence-electron chi connectivity index (χ0n) is 16.5. The van der Waals surface area contributed by atoms with Crippen LogP contribution in [0.25, 0.3) is 0 Å². The molecule has 0 spiro atoms. The zero-order valence-corrected chi connectivity index (χ0v) is 17.3. The van der Waals surface area contributed by atoms with Gasteiger partial charge in [0.1, 0.15) is 11.5 Å². The molecule has 0 fully saturated rings. The second kappa shape index (κ2) is 8.97. The molecule has 0 saturated carbocycles. The highest BCUT2D eigenvalue weighted by atomic mass is 35.5. The fourth-order valence-corrected chi connectivity index (χ4v) is 2.47. The number of anilines is 1. The van der Waals surface area contributed by atoms with Crippen LogP contribution in [0.1, 0.15) is 26.3 Å². The van der Waals surface area contributed by atoms with Crippen LogP contribution in [-0.4, -0.2) is 30.7 Å². The van der Waals surface area contributed by atoms with Crippen molar-refractivity contribution in [2.45, 2.75) is 39.4 Å². The van der Waals surface area contributed by atoms with E-state index >= 15 is 0 Å². The van der Waals surface area contributed by atoms with Gasteiger partial charge in [0.15, 0.2) is 11.7 Å². The van der Waals surface area contributed by atoms with Gasteiger partial charge in [-0.3, -0.25) is 4.79 Å². The summed E-state index contributed by atoms with van der Waals surface area (Å²) in [6, 6.07) is 12.0. The number of amides is 1. The number of nitrogens with one attached hydrogen (secondary N) is 1. The Hall–Kier alpha value is -2.73. The quantitative estimate of drug-likeness (QED) is 0.692. The van der Waals surface area contributed by atoms with Crippen molar-refractivity contribution in [3.8, 4) is 11.5 Å². The molecule has 1 atom stereocenters. The van der Waals surface area contributed by atoms with Crippen LogP contribution in [0.4, 0.5) is 5.69 Å². The highest BCUT2D eigenvalue weighted by Gasteiger charge is 2.34. The second-order valence-electron chi connectivity index (χ2n) is 6.81. The molecule has 28 heavy (non-hydrogen) atoms. The molecule has 2 aromatic carbocycles. The number of hydrogen-bond acceptors (Lipinski definition) is 5. The normalized spacial score (nSPS) is 12.1. The van der Waals surface area contributed by atoms with Crippen LogP contribution < -0.4 is 14.8 Å². The van der Waals surface area contributed by atoms with Crippen molar-refractivity contribution >= 4 is 29.2 Å². The van der Waals surface area contributed by atoms with Crippen LogP contribution >= 0.6 is 11.6 Å². The fourth-order valence-electron chi connectivity index (χ4n) is 2.35. The number of methoxy groups -OCH3 is 1. The monoisotopic (exact) mass is 405 g/mol. The summed E-state index contributed by atoms with van der Waals surface area (Å²) in [4.78, 5) is 25.0. The van der Waals surface area contributed by atoms with Crippen molar-refractivity contribution in [1.82, 2.24) is 0 Å². The maximum absolute atomic E-state index is 12.5. The summed E-state index contributed by atoms with van der Waals surface area (Å²) in [7, 11) is 1.51. The minimum absolute atomic E-state index is 0.466. The number of ether oxygens (including phenoxy) is 3. The van der Waals surface area contributed by atoms with Gasteiger partial charge in [-0.05, 0) is 69.7 Å². The maximum atomic E-state index is 12.5. The molecule has 0 bridgehead atoms. The van der Waals surface area contributed by atoms with E-state index in [-0.39, 0.29) is 0 Å². The molecule has 2 rings (SSSR count). The summed E-state index contributed by atoms with van der Waals surface area (Å²) in [5.41, 5.74) is 0.175. The van der Waals surface area contributed by atoms with Crippen LogP contribution in [0.15, 0.2) is 42.5 Å². The van der Waals surface area contributed by atoms with E-state index in [0.717, 1.165) is 5.56 Å². The Labute approximate surface area is 169 Å². The zero-order chi connectivity index (χ0) is 20.9. The lowest BCUT2D eigenvalue weighted by molar-refractivity contribution is -0.166. The van der Waals surface area contributed by atoms with E-state index in [1.165, 1.54) is 14.0 Å². The van der Waals surface area contributed by atoms with Crippen molar-refractivity contribution in [2.24, 2.45) is 0 Å². The fraction of sp³-hybridized carbons (Fsp3) is 0.333. The smallest absolute Gasteiger partial charge is 0.350 e. The molecular weight excluding hydrogens is 382 g/mol. The predicted molar refractivity (Wildman–Crippen MR) is 108 cm³/mol. The van der Waals surface area contributed by atoms with Gasteiger partial charge in [-0.25, -0.2) is 4.79 Å². The Bertz CT molecular complexity index is 848. The highest BCUT2D eigenvalue weighted by molar-refractivity contribution is 6.30. The predicted octanol–water partition coefficient (Wildman–Crippen LogP) is 4.38. The minimum Gasteiger partial charge on any atom is -0.495 e. The Morgan fingerprint density at radius 3 is 2.36 bits per heavy atom. The molecule has 0 aromatic heterocycles. The average molecular weight is 406 g/mol. The number of carbonyl (C=O) groups excluding carboxylic acids is 2. The lowest BCUT2D eigenvalue weighted by Gasteiger charge is -2.26. The highest BCUT2D eigenvalue weighted by Crippen LogP contribution is 2.26. The van der Waals surface area contributed by atoms with Crippen molar-refractivity contribution in [2.75, 3.05) is 12.4 Å². The molecule has 0 aliphatic rings. The minimum atomic E-state index is -1.29. The molecule has 6 nitrogen and oxygen atoms in total. The van der Waals surface area contributed by atoms with E-state index in [4.69, 9.17) is 25.8 Å². The first kappa shape index (κ1) is 21.6. The van der Waals surface area contributed by atoms with Crippen molar-refractivity contribution in [1.29, 1.82) is 0 Å². The maximum Gasteiger partial charge on any atom is 0.350 e. The summed E-state index contributed by atoms with van der Waals surface area (Å²) in [6.07, 6.45) is -1.02. The lowest BCUT2D eigenvalue weighted by atomic mass is 10.1. The molecule has 1 unspecified atom stereocenters. The third kappa shape index (κ3) is 5.63. The second-order valence-corrected chi connectivity index (χ2v) is 7.24. The van der Waals surface area contributed by atoms with Crippen LogP contribution in [-0.2, 0) is 14.3 Å². The van der Waals surface area contributed by atoms with Gasteiger partial charge < -0.3 is 19.5 Å². The number of halogens is 1. The molecule has 7 heteroatoms. The van der Waals surface area contributed by atoms with Gasteiger partial charge in [0.05, 0.1) is 12.8 Å². The number of hydrogen-bond donors (Lipinski definition) is 1. The summed E-state index contributed by atoms with van der Waals surface area (Å²) < 4.78 is 16.2. The Kier molecular flexibility index (Phi) is 6.91. The third-order valence-electron chi connectivity index (χ3n) is 3.94. The van der Waals surface area contributed by atoms with Crippen molar-refractivity contribution in [3.63, 3.8) is 0 Å². The molecule has 0 radical (unpaired) electrons. The molecule has 0 heterocycles. The number of carbonyl (C=O) groups is 2. The average Bonchev–Trinajstić information content (AvgIpc) is 2.63. The molecule has 2 aromatic rings. The van der Waals surface area contributed by atoms with Gasteiger partial charge in [0, 0.05) is 5.02 Å². The van der Waals surface area contributed by atoms with E-state index in [0.29, 0.717) is 22.2 Å². The first-order valence-electron chi connectivity index (χ1n) is 8.73. The standard InChI is InChI=1S/C21H24ClNO5/c1-13-6-11-18(26-5)17(12-13)23-19(24)14(2)27-20(25)21(3,4)28-16-9-7-15(22)8-10-16/h6-12,14H,1-5H3,(H,23,24). The molecule has 0 saturated heterocycles. The van der Waals surface area contributed by atoms with Crippen LogP contribution in [0.3, 0.4) is 0 Å². The Morgan fingerprint density at radius 1 is 1.11 bits per heavy atom. The molecule has 0 aliphatic carbocycles. The Morgan fingerprint density at radius 2 is 1.75 bits per heavy atom. The first-order chi connectivity index (χ1) is 13.1. The van der Waals surface area contributed by atoms with Gasteiger partial charge in [-0.1, -0.05) is 17.7 Å². The molecule has 1 N–H and O–H groups in total. The SMILES string of the molecule is COc1ccc(C)cc1NC(=O)C(C)OC(=O)C(C)(C)Oc1ccc(Cl)cc1. The van der Waals surface area contributed by atoms with E-state index in [9.17, 15) is 9.59 Å². The van der Waals surface area contributed by atoms with Gasteiger partial charge >= 0.3 is 5.97 Å². The topological polar surface area (TPSA) is 73.9 Å². The van der Waals surface area contributed by atoms with Crippen LogP contribution in [0.2, 0.25) is 5.02 Å². The summed E-state index contributed by atoms with van der Waals surface area (Å²) in [5.74, 6) is -0.155. The van der Waals surface area contributed by atoms with Crippen LogP contribution in [0, 0.1) is 6.92 Å². The van der Waals surface area contributed by atoms with E-state index in [2.05, 4.69) is 5.32 Å². The number of benzene rings is 2. The van der Waals surface area contributed by atoms with E-state index in [1.54, 1.807) is 50.2 Å². The van der Waals surface area contributed by atoms with E-state index in [1.807, 2.05) is 13.0 Å². The number of rotatable bonds is 7. The first-order valence-corrected chi connectivity index (χ1v) is 9.11.